The molecule has 3 rings (SSSR count). The zero-order valence-corrected chi connectivity index (χ0v) is 19.8. The number of hydrogen-bond donors (Lipinski definition) is 2. The molecule has 1 amide bonds. The van der Waals surface area contributed by atoms with Crippen LogP contribution in [0.15, 0.2) is 27.8 Å². The van der Waals surface area contributed by atoms with Gasteiger partial charge >= 0.3 is 0 Å². The lowest BCUT2D eigenvalue weighted by Gasteiger charge is -2.37. The minimum Gasteiger partial charge on any atom is -0.466 e. The number of rotatable bonds is 6. The quantitative estimate of drug-likeness (QED) is 0.335. The highest BCUT2D eigenvalue weighted by Gasteiger charge is 2.28. The lowest BCUT2D eigenvalue weighted by atomic mass is 10.0. The molecule has 2 saturated heterocycles. The molecule has 0 radical (unpaired) electrons. The van der Waals surface area contributed by atoms with Crippen LogP contribution in [0.1, 0.15) is 32.4 Å². The fraction of sp³-hybridized carbons (Fsp3) is 0.700. The van der Waals surface area contributed by atoms with Gasteiger partial charge in [-0.1, -0.05) is 0 Å². The van der Waals surface area contributed by atoms with E-state index in [0.717, 1.165) is 64.6 Å². The first-order valence-corrected chi connectivity index (χ1v) is 10.3. The van der Waals surface area contributed by atoms with E-state index >= 15 is 0 Å². The minimum atomic E-state index is -1.14. The van der Waals surface area contributed by atoms with Gasteiger partial charge in [0.25, 0.3) is 0 Å². The van der Waals surface area contributed by atoms with Crippen molar-refractivity contribution in [1.29, 1.82) is 0 Å². The fourth-order valence-corrected chi connectivity index (χ4v) is 3.69. The molecule has 1 aromatic rings. The Morgan fingerprint density at radius 2 is 1.90 bits per heavy atom. The number of nitrogens with one attached hydrogen (secondary N) is 1. The molecule has 2 aliphatic heterocycles. The number of piperazine rings is 1. The van der Waals surface area contributed by atoms with Gasteiger partial charge in [-0.25, -0.2) is 4.99 Å². The van der Waals surface area contributed by atoms with Gasteiger partial charge < -0.3 is 24.6 Å². The molecule has 2 aliphatic rings. The van der Waals surface area contributed by atoms with Crippen molar-refractivity contribution in [3.63, 3.8) is 0 Å². The van der Waals surface area contributed by atoms with E-state index in [0.29, 0.717) is 12.3 Å². The van der Waals surface area contributed by atoms with E-state index in [1.165, 1.54) is 0 Å². The highest BCUT2D eigenvalue weighted by Crippen LogP contribution is 2.21. The van der Waals surface area contributed by atoms with Crippen LogP contribution in [0.25, 0.3) is 0 Å². The lowest BCUT2D eigenvalue weighted by molar-refractivity contribution is -0.131. The van der Waals surface area contributed by atoms with Crippen molar-refractivity contribution < 1.29 is 14.3 Å². The highest BCUT2D eigenvalue weighted by molar-refractivity contribution is 14.0. The van der Waals surface area contributed by atoms with Crippen molar-refractivity contribution in [1.82, 2.24) is 20.0 Å². The van der Waals surface area contributed by atoms with Crippen LogP contribution in [-0.2, 0) is 10.4 Å². The number of amides is 1. The average molecular weight is 519 g/mol. The topological polar surface area (TPSA) is 84.5 Å². The third-order valence-electron chi connectivity index (χ3n) is 5.41. The first-order valence-electron chi connectivity index (χ1n) is 10.3. The minimum absolute atomic E-state index is 0. The zero-order valence-electron chi connectivity index (χ0n) is 17.5. The molecule has 29 heavy (non-hydrogen) atoms. The number of aliphatic imine (C=N–C) groups is 1. The van der Waals surface area contributed by atoms with Gasteiger partial charge in [-0.3, -0.25) is 9.69 Å². The molecule has 1 unspecified atom stereocenters. The monoisotopic (exact) mass is 519 g/mol. The van der Waals surface area contributed by atoms with Crippen LogP contribution in [0.3, 0.4) is 0 Å². The Hall–Kier alpha value is -1.33. The number of halogens is 1. The summed E-state index contributed by atoms with van der Waals surface area (Å²) in [6.45, 7) is 10.3. The summed E-state index contributed by atoms with van der Waals surface area (Å²) in [7, 11) is 0. The fourth-order valence-electron chi connectivity index (χ4n) is 3.69. The molecule has 3 heterocycles. The molecular formula is C20H34IN5O3. The number of furan rings is 1. The van der Waals surface area contributed by atoms with Gasteiger partial charge in [0, 0.05) is 45.8 Å². The summed E-state index contributed by atoms with van der Waals surface area (Å²) in [4.78, 5) is 23.4. The number of likely N-dealkylation sites (tertiary alicyclic amines) is 1. The van der Waals surface area contributed by atoms with Gasteiger partial charge in [0.1, 0.15) is 11.4 Å². The second-order valence-electron chi connectivity index (χ2n) is 7.77. The van der Waals surface area contributed by atoms with Crippen molar-refractivity contribution in [3.8, 4) is 0 Å². The Labute approximate surface area is 190 Å². The first-order chi connectivity index (χ1) is 13.5. The summed E-state index contributed by atoms with van der Waals surface area (Å²) in [6.07, 6.45) is 3.81. The van der Waals surface area contributed by atoms with Gasteiger partial charge in [-0.05, 0) is 38.8 Å². The summed E-state index contributed by atoms with van der Waals surface area (Å²) in [5.74, 6) is 1.55. The van der Waals surface area contributed by atoms with Crippen molar-refractivity contribution in [2.75, 3.05) is 58.9 Å². The van der Waals surface area contributed by atoms with E-state index in [4.69, 9.17) is 4.42 Å². The Bertz CT molecular complexity index is 651. The Kier molecular flexibility index (Phi) is 9.22. The molecule has 0 aliphatic carbocycles. The van der Waals surface area contributed by atoms with E-state index in [2.05, 4.69) is 20.1 Å². The predicted molar refractivity (Wildman–Crippen MR) is 123 cm³/mol. The number of aliphatic hydroxyl groups is 1. The number of carbonyl (C=O) groups excluding carboxylic acids is 1. The van der Waals surface area contributed by atoms with Crippen LogP contribution in [-0.4, -0.2) is 90.6 Å². The third kappa shape index (κ3) is 6.58. The van der Waals surface area contributed by atoms with E-state index in [9.17, 15) is 9.90 Å². The molecule has 1 atom stereocenters. The average Bonchev–Trinajstić information content (AvgIpc) is 3.40. The van der Waals surface area contributed by atoms with E-state index in [1.54, 1.807) is 25.3 Å². The molecule has 8 nitrogen and oxygen atoms in total. The summed E-state index contributed by atoms with van der Waals surface area (Å²) >= 11 is 0. The van der Waals surface area contributed by atoms with Crippen LogP contribution < -0.4 is 5.32 Å². The molecule has 0 saturated carbocycles. The Morgan fingerprint density at radius 3 is 2.48 bits per heavy atom. The van der Waals surface area contributed by atoms with Gasteiger partial charge in [-0.2, -0.15) is 0 Å². The number of hydrogen-bond acceptors (Lipinski definition) is 5. The Balaban J connectivity index is 0.00000300. The zero-order chi connectivity index (χ0) is 20.0. The van der Waals surface area contributed by atoms with E-state index < -0.39 is 5.60 Å². The molecule has 0 bridgehead atoms. The van der Waals surface area contributed by atoms with Gasteiger partial charge in [0.05, 0.1) is 19.4 Å². The van der Waals surface area contributed by atoms with Crippen LogP contribution in [0, 0.1) is 0 Å². The smallest absolute Gasteiger partial charge is 0.236 e. The lowest BCUT2D eigenvalue weighted by Crippen LogP contribution is -2.54. The van der Waals surface area contributed by atoms with Crippen LogP contribution in [0.4, 0.5) is 0 Å². The van der Waals surface area contributed by atoms with Gasteiger partial charge in [0.15, 0.2) is 5.96 Å². The van der Waals surface area contributed by atoms with Gasteiger partial charge in [0.2, 0.25) is 5.91 Å². The van der Waals surface area contributed by atoms with E-state index in [-0.39, 0.29) is 36.4 Å². The number of guanidine groups is 1. The molecule has 2 fully saturated rings. The van der Waals surface area contributed by atoms with E-state index in [1.807, 2.05) is 11.8 Å². The van der Waals surface area contributed by atoms with Crippen molar-refractivity contribution in [2.24, 2.45) is 4.99 Å². The summed E-state index contributed by atoms with van der Waals surface area (Å²) in [5.41, 5.74) is -1.14. The second kappa shape index (κ2) is 11.2. The maximum atomic E-state index is 12.4. The standard InChI is InChI=1S/C20H33N5O3.HI/c1-3-21-19(22-16-20(2,27)17-7-6-14-28-17)25-12-10-23(11-13-25)15-18(26)24-8-4-5-9-24;/h6-7,14,27H,3-5,8-13,15-16H2,1-2H3,(H,21,22);1H. The largest absolute Gasteiger partial charge is 0.466 e. The highest BCUT2D eigenvalue weighted by atomic mass is 127. The van der Waals surface area contributed by atoms with Crippen molar-refractivity contribution in [3.05, 3.63) is 24.2 Å². The number of nitrogens with zero attached hydrogens (tertiary/aromatic N) is 4. The van der Waals surface area contributed by atoms with Crippen molar-refractivity contribution >= 4 is 35.8 Å². The normalized spacial score (nSPS) is 20.3. The molecular weight excluding hydrogens is 485 g/mol. The van der Waals surface area contributed by atoms with Gasteiger partial charge in [-0.15, -0.1) is 24.0 Å². The third-order valence-corrected chi connectivity index (χ3v) is 5.41. The second-order valence-corrected chi connectivity index (χ2v) is 7.77. The Morgan fingerprint density at radius 1 is 1.21 bits per heavy atom. The SMILES string of the molecule is CCNC(=NCC(C)(O)c1ccco1)N1CCN(CC(=O)N2CCCC2)CC1.I. The maximum absolute atomic E-state index is 12.4. The van der Waals surface area contributed by atoms with Crippen LogP contribution in [0.2, 0.25) is 0 Å². The molecule has 0 spiro atoms. The van der Waals surface area contributed by atoms with Crippen molar-refractivity contribution in [2.45, 2.75) is 32.3 Å². The predicted octanol–water partition coefficient (Wildman–Crippen LogP) is 1.31. The molecule has 0 aromatic carbocycles. The molecule has 1 aromatic heterocycles. The summed E-state index contributed by atoms with van der Waals surface area (Å²) in [6, 6.07) is 3.53. The molecule has 164 valence electrons. The molecule has 2 N–H and O–H groups in total. The van der Waals surface area contributed by atoms with Crippen LogP contribution >= 0.6 is 24.0 Å². The van der Waals surface area contributed by atoms with Crippen LogP contribution in [0.5, 0.6) is 0 Å². The number of carbonyl (C=O) groups is 1. The molecule has 9 heteroatoms. The summed E-state index contributed by atoms with van der Waals surface area (Å²) in [5, 5.41) is 13.9. The summed E-state index contributed by atoms with van der Waals surface area (Å²) < 4.78 is 5.33. The maximum Gasteiger partial charge on any atom is 0.236 e. The first kappa shape index (κ1) is 23.9.